The largest absolute Gasteiger partial charge is 0.377 e. The van der Waals surface area contributed by atoms with Crippen molar-refractivity contribution in [2.24, 2.45) is 4.40 Å². The summed E-state index contributed by atoms with van der Waals surface area (Å²) in [6.07, 6.45) is 14.2. The molecule has 146 valence electrons. The number of hydrogen-bond acceptors (Lipinski definition) is 2. The summed E-state index contributed by atoms with van der Waals surface area (Å²) in [6.45, 7) is 7.37. The maximum absolute atomic E-state index is 11.7. The summed E-state index contributed by atoms with van der Waals surface area (Å²) in [5, 5.41) is 0. The van der Waals surface area contributed by atoms with E-state index in [1.807, 2.05) is 45.0 Å². The van der Waals surface area contributed by atoms with Gasteiger partial charge < -0.3 is 4.74 Å². The van der Waals surface area contributed by atoms with Crippen LogP contribution in [0.3, 0.4) is 0 Å². The van der Waals surface area contributed by atoms with Gasteiger partial charge in [-0.15, -0.1) is 0 Å². The van der Waals surface area contributed by atoms with E-state index in [0.29, 0.717) is 0 Å². The topological polar surface area (TPSA) is 38.7 Å². The fourth-order valence-electron chi connectivity index (χ4n) is 2.34. The number of benzene rings is 1. The summed E-state index contributed by atoms with van der Waals surface area (Å²) in [6, 6.07) is 10.3. The summed E-state index contributed by atoms with van der Waals surface area (Å²) < 4.78 is 21.2. The molecule has 0 amide bonds. The van der Waals surface area contributed by atoms with Gasteiger partial charge in [-0.25, -0.2) is 4.21 Å². The van der Waals surface area contributed by atoms with Crippen LogP contribution in [0.1, 0.15) is 71.3 Å². The van der Waals surface area contributed by atoms with E-state index in [1.54, 1.807) is 6.21 Å². The van der Waals surface area contributed by atoms with Gasteiger partial charge in [0.1, 0.15) is 11.0 Å². The minimum Gasteiger partial charge on any atom is -0.377 e. The second kappa shape index (κ2) is 13.9. The molecule has 0 radical (unpaired) electrons. The Morgan fingerprint density at radius 3 is 2.35 bits per heavy atom. The molecule has 1 atom stereocenters. The average molecular weight is 378 g/mol. The van der Waals surface area contributed by atoms with Crippen LogP contribution in [0.5, 0.6) is 0 Å². The van der Waals surface area contributed by atoms with Gasteiger partial charge in [-0.3, -0.25) is 0 Å². The molecule has 0 aliphatic carbocycles. The molecule has 0 saturated heterocycles. The van der Waals surface area contributed by atoms with Crippen LogP contribution in [0.15, 0.2) is 46.9 Å². The number of rotatable bonds is 13. The Hall–Kier alpha value is -1.26. The number of allylic oxidation sites excluding steroid dienone is 2. The van der Waals surface area contributed by atoms with Crippen molar-refractivity contribution in [3.63, 3.8) is 0 Å². The van der Waals surface area contributed by atoms with E-state index in [1.165, 1.54) is 37.7 Å². The summed E-state index contributed by atoms with van der Waals surface area (Å²) in [4.78, 5) is 0. The Balaban J connectivity index is 1.88. The van der Waals surface area contributed by atoms with E-state index in [-0.39, 0.29) is 4.75 Å². The molecule has 1 aromatic carbocycles. The monoisotopic (exact) mass is 377 g/mol. The maximum atomic E-state index is 11.7. The number of unbranched alkanes of at least 4 members (excludes halogenated alkanes) is 6. The standard InChI is InChI=1S/C22H35NO2S/c1-22(2,3)26(24)23-18-14-9-7-5-4-6-8-10-15-19-25-20-21-16-12-11-13-17-21/h9,11-14,16-18H,4-8,10,15,19-20H2,1-3H3/b14-9+,23-18+/t26-/m0/s1. The summed E-state index contributed by atoms with van der Waals surface area (Å²) in [5.74, 6) is 0. The van der Waals surface area contributed by atoms with E-state index in [2.05, 4.69) is 22.6 Å². The predicted octanol–water partition coefficient (Wildman–Crippen LogP) is 6.02. The Morgan fingerprint density at radius 2 is 1.65 bits per heavy atom. The second-order valence-corrected chi connectivity index (χ2v) is 9.43. The van der Waals surface area contributed by atoms with Gasteiger partial charge in [0, 0.05) is 12.8 Å². The molecule has 0 spiro atoms. The molecule has 0 aliphatic heterocycles. The first-order valence-corrected chi connectivity index (χ1v) is 10.8. The molecule has 1 aromatic rings. The third-order valence-corrected chi connectivity index (χ3v) is 5.28. The van der Waals surface area contributed by atoms with Gasteiger partial charge in [0.15, 0.2) is 0 Å². The minimum absolute atomic E-state index is 0.281. The van der Waals surface area contributed by atoms with Crippen molar-refractivity contribution in [3.8, 4) is 0 Å². The molecule has 0 aliphatic rings. The Kier molecular flexibility index (Phi) is 12.2. The van der Waals surface area contributed by atoms with Gasteiger partial charge in [0.2, 0.25) is 0 Å². The second-order valence-electron chi connectivity index (χ2n) is 7.49. The van der Waals surface area contributed by atoms with Crippen LogP contribution in [0.2, 0.25) is 0 Å². The molecule has 0 heterocycles. The Morgan fingerprint density at radius 1 is 1.00 bits per heavy atom. The zero-order valence-corrected chi connectivity index (χ0v) is 17.5. The fourth-order valence-corrected chi connectivity index (χ4v) is 2.84. The predicted molar refractivity (Wildman–Crippen MR) is 114 cm³/mol. The molecular weight excluding hydrogens is 342 g/mol. The van der Waals surface area contributed by atoms with Crippen LogP contribution in [-0.4, -0.2) is 21.8 Å². The lowest BCUT2D eigenvalue weighted by Crippen LogP contribution is -2.19. The fraction of sp³-hybridized carbons (Fsp3) is 0.591. The van der Waals surface area contributed by atoms with Crippen LogP contribution in [0.4, 0.5) is 0 Å². The minimum atomic E-state index is -1.16. The molecule has 4 heteroatoms. The highest BCUT2D eigenvalue weighted by Crippen LogP contribution is 2.11. The molecule has 0 N–H and O–H groups in total. The summed E-state index contributed by atoms with van der Waals surface area (Å²) >= 11 is 0. The molecule has 0 bridgehead atoms. The van der Waals surface area contributed by atoms with E-state index < -0.39 is 11.0 Å². The first-order chi connectivity index (χ1) is 12.5. The van der Waals surface area contributed by atoms with Crippen molar-refractivity contribution in [1.82, 2.24) is 0 Å². The lowest BCUT2D eigenvalue weighted by atomic mass is 10.1. The van der Waals surface area contributed by atoms with Crippen LogP contribution in [0, 0.1) is 0 Å². The van der Waals surface area contributed by atoms with Crippen LogP contribution in [-0.2, 0) is 22.3 Å². The maximum Gasteiger partial charge on any atom is 0.144 e. The van der Waals surface area contributed by atoms with Crippen LogP contribution < -0.4 is 0 Å². The van der Waals surface area contributed by atoms with Gasteiger partial charge >= 0.3 is 0 Å². The number of ether oxygens (including phenoxy) is 1. The smallest absolute Gasteiger partial charge is 0.144 e. The third-order valence-electron chi connectivity index (χ3n) is 3.92. The van der Waals surface area contributed by atoms with Crippen molar-refractivity contribution in [2.45, 2.75) is 77.1 Å². The molecule has 0 aromatic heterocycles. The van der Waals surface area contributed by atoms with Crippen molar-refractivity contribution < 1.29 is 8.95 Å². The molecule has 26 heavy (non-hydrogen) atoms. The highest BCUT2D eigenvalue weighted by atomic mass is 32.2. The zero-order chi connectivity index (χ0) is 19.1. The molecule has 0 unspecified atom stereocenters. The molecule has 0 fully saturated rings. The van der Waals surface area contributed by atoms with Crippen molar-refractivity contribution in [2.75, 3.05) is 6.61 Å². The molecule has 1 rings (SSSR count). The quantitative estimate of drug-likeness (QED) is 0.311. The lowest BCUT2D eigenvalue weighted by Gasteiger charge is -2.12. The van der Waals surface area contributed by atoms with Crippen LogP contribution >= 0.6 is 0 Å². The first kappa shape index (κ1) is 22.8. The SMILES string of the molecule is CC(C)(C)[S@](=O)/N=C/C=C/CCCCCCCCOCc1ccccc1. The summed E-state index contributed by atoms with van der Waals surface area (Å²) in [7, 11) is -1.16. The molecular formula is C22H35NO2S. The van der Waals surface area contributed by atoms with Gasteiger partial charge in [-0.1, -0.05) is 62.1 Å². The van der Waals surface area contributed by atoms with Crippen molar-refractivity contribution in [1.29, 1.82) is 0 Å². The lowest BCUT2D eigenvalue weighted by molar-refractivity contribution is 0.116. The summed E-state index contributed by atoms with van der Waals surface area (Å²) in [5.41, 5.74) is 1.25. The number of hydrogen-bond donors (Lipinski definition) is 0. The van der Waals surface area contributed by atoms with E-state index in [9.17, 15) is 4.21 Å². The van der Waals surface area contributed by atoms with Crippen molar-refractivity contribution in [3.05, 3.63) is 48.0 Å². The highest BCUT2D eigenvalue weighted by molar-refractivity contribution is 7.85. The van der Waals surface area contributed by atoms with E-state index in [4.69, 9.17) is 4.74 Å². The van der Waals surface area contributed by atoms with Gasteiger partial charge in [-0.2, -0.15) is 4.40 Å². The van der Waals surface area contributed by atoms with Crippen molar-refractivity contribution >= 4 is 17.2 Å². The Labute approximate surface area is 162 Å². The van der Waals surface area contributed by atoms with Gasteiger partial charge in [0.25, 0.3) is 0 Å². The van der Waals surface area contributed by atoms with Crippen LogP contribution in [0.25, 0.3) is 0 Å². The first-order valence-electron chi connectivity index (χ1n) is 9.73. The average Bonchev–Trinajstić information content (AvgIpc) is 2.62. The molecule has 0 saturated carbocycles. The third kappa shape index (κ3) is 12.2. The molecule has 3 nitrogen and oxygen atoms in total. The van der Waals surface area contributed by atoms with Gasteiger partial charge in [-0.05, 0) is 51.7 Å². The van der Waals surface area contributed by atoms with Gasteiger partial charge in [0.05, 0.1) is 11.4 Å². The normalized spacial score (nSPS) is 13.7. The highest BCUT2D eigenvalue weighted by Gasteiger charge is 2.17. The van der Waals surface area contributed by atoms with E-state index in [0.717, 1.165) is 26.1 Å². The number of nitrogens with zero attached hydrogens (tertiary/aromatic N) is 1. The Bertz CT molecular complexity index is 547. The van der Waals surface area contributed by atoms with E-state index >= 15 is 0 Å². The zero-order valence-electron chi connectivity index (χ0n) is 16.7.